The minimum absolute atomic E-state index is 0.0850. The van der Waals surface area contributed by atoms with Gasteiger partial charge in [0.1, 0.15) is 17.2 Å². The lowest BCUT2D eigenvalue weighted by molar-refractivity contribution is -0.150. The standard InChI is InChI=1S/C18H26N2O4S/c1-10-11(2)25-15(19-10)9-23-16(21)13-8-12-6-7-14(13)20(12)17(22)24-18(3,4)5/h12-14H,6-9H2,1-5H3/t12-,13-,14-/m1/s1. The van der Waals surface area contributed by atoms with E-state index < -0.39 is 5.60 Å². The summed E-state index contributed by atoms with van der Waals surface area (Å²) < 4.78 is 11.0. The number of esters is 1. The highest BCUT2D eigenvalue weighted by molar-refractivity contribution is 7.11. The van der Waals surface area contributed by atoms with Crippen LogP contribution in [0.4, 0.5) is 4.79 Å². The first kappa shape index (κ1) is 18.2. The molecule has 2 aliphatic heterocycles. The summed E-state index contributed by atoms with van der Waals surface area (Å²) in [5.74, 6) is -0.486. The summed E-state index contributed by atoms with van der Waals surface area (Å²) in [5, 5.41) is 0.815. The Balaban J connectivity index is 1.60. The third-order valence-corrected chi connectivity index (χ3v) is 5.90. The van der Waals surface area contributed by atoms with E-state index in [4.69, 9.17) is 9.47 Å². The van der Waals surface area contributed by atoms with E-state index in [0.717, 1.165) is 28.4 Å². The largest absolute Gasteiger partial charge is 0.458 e. The van der Waals surface area contributed by atoms with Crippen LogP contribution in [-0.2, 0) is 20.9 Å². The number of carbonyl (C=O) groups is 2. The molecule has 2 saturated heterocycles. The molecule has 2 bridgehead atoms. The molecule has 0 aromatic carbocycles. The second-order valence-corrected chi connectivity index (χ2v) is 9.17. The second-order valence-electron chi connectivity index (χ2n) is 7.89. The van der Waals surface area contributed by atoms with E-state index in [2.05, 4.69) is 4.98 Å². The minimum atomic E-state index is -0.532. The molecule has 6 nitrogen and oxygen atoms in total. The van der Waals surface area contributed by atoms with E-state index in [1.165, 1.54) is 0 Å². The molecule has 25 heavy (non-hydrogen) atoms. The maximum atomic E-state index is 12.5. The highest BCUT2D eigenvalue weighted by atomic mass is 32.1. The fourth-order valence-electron chi connectivity index (χ4n) is 3.68. The van der Waals surface area contributed by atoms with Gasteiger partial charge in [0, 0.05) is 17.0 Å². The van der Waals surface area contributed by atoms with E-state index in [0.29, 0.717) is 6.42 Å². The average molecular weight is 366 g/mol. The van der Waals surface area contributed by atoms with E-state index in [9.17, 15) is 9.59 Å². The molecule has 3 atom stereocenters. The number of hydrogen-bond acceptors (Lipinski definition) is 6. The molecule has 0 saturated carbocycles. The molecule has 0 unspecified atom stereocenters. The van der Waals surface area contributed by atoms with Crippen molar-refractivity contribution in [3.8, 4) is 0 Å². The zero-order valence-electron chi connectivity index (χ0n) is 15.5. The van der Waals surface area contributed by atoms with Crippen LogP contribution < -0.4 is 0 Å². The molecule has 1 aromatic heterocycles. The maximum Gasteiger partial charge on any atom is 0.410 e. The Hall–Kier alpha value is -1.63. The van der Waals surface area contributed by atoms with Crippen LogP contribution in [0.15, 0.2) is 0 Å². The molecule has 0 radical (unpaired) electrons. The minimum Gasteiger partial charge on any atom is -0.458 e. The number of aryl methyl sites for hydroxylation is 2. The van der Waals surface area contributed by atoms with Crippen molar-refractivity contribution in [2.45, 2.75) is 78.2 Å². The van der Waals surface area contributed by atoms with Gasteiger partial charge in [0.2, 0.25) is 0 Å². The topological polar surface area (TPSA) is 68.7 Å². The van der Waals surface area contributed by atoms with Crippen molar-refractivity contribution in [3.05, 3.63) is 15.6 Å². The number of thiazole rings is 1. The van der Waals surface area contributed by atoms with E-state index >= 15 is 0 Å². The smallest absolute Gasteiger partial charge is 0.410 e. The van der Waals surface area contributed by atoms with Crippen LogP contribution in [0, 0.1) is 19.8 Å². The Morgan fingerprint density at radius 2 is 2.00 bits per heavy atom. The Morgan fingerprint density at radius 3 is 2.60 bits per heavy atom. The van der Waals surface area contributed by atoms with Crippen molar-refractivity contribution in [1.29, 1.82) is 0 Å². The Kier molecular flexibility index (Phi) is 4.79. The van der Waals surface area contributed by atoms with Crippen molar-refractivity contribution in [2.75, 3.05) is 0 Å². The number of ether oxygens (including phenoxy) is 2. The highest BCUT2D eigenvalue weighted by Crippen LogP contribution is 2.43. The van der Waals surface area contributed by atoms with Gasteiger partial charge in [0.05, 0.1) is 11.6 Å². The SMILES string of the molecule is Cc1nc(COC(=O)[C@@H]2C[C@H]3CC[C@H]2N3C(=O)OC(C)(C)C)sc1C. The Bertz CT molecular complexity index is 660. The molecule has 3 heterocycles. The lowest BCUT2D eigenvalue weighted by Gasteiger charge is -2.28. The van der Waals surface area contributed by atoms with Crippen molar-refractivity contribution in [3.63, 3.8) is 0 Å². The van der Waals surface area contributed by atoms with E-state index in [1.54, 1.807) is 16.2 Å². The lowest BCUT2D eigenvalue weighted by atomic mass is 9.89. The zero-order valence-corrected chi connectivity index (χ0v) is 16.3. The monoisotopic (exact) mass is 366 g/mol. The summed E-state index contributed by atoms with van der Waals surface area (Å²) in [4.78, 5) is 32.3. The van der Waals surface area contributed by atoms with Gasteiger partial charge in [-0.25, -0.2) is 9.78 Å². The normalized spacial score (nSPS) is 25.3. The molecule has 2 aliphatic rings. The summed E-state index contributed by atoms with van der Waals surface area (Å²) in [5.41, 5.74) is 0.447. The predicted molar refractivity (Wildman–Crippen MR) is 94.4 cm³/mol. The van der Waals surface area contributed by atoms with E-state index in [-0.39, 0.29) is 36.7 Å². The first-order valence-electron chi connectivity index (χ1n) is 8.76. The predicted octanol–water partition coefficient (Wildman–Crippen LogP) is 3.59. The fraction of sp³-hybridized carbons (Fsp3) is 0.722. The zero-order chi connectivity index (χ0) is 18.4. The summed E-state index contributed by atoms with van der Waals surface area (Å²) in [6.45, 7) is 9.73. The first-order valence-corrected chi connectivity index (χ1v) is 9.58. The fourth-order valence-corrected chi connectivity index (χ4v) is 4.53. The van der Waals surface area contributed by atoms with Gasteiger partial charge in [-0.3, -0.25) is 4.79 Å². The molecular weight excluding hydrogens is 340 g/mol. The highest BCUT2D eigenvalue weighted by Gasteiger charge is 2.53. The quantitative estimate of drug-likeness (QED) is 0.765. The second kappa shape index (κ2) is 6.59. The van der Waals surface area contributed by atoms with Gasteiger partial charge in [0.25, 0.3) is 0 Å². The Morgan fingerprint density at radius 1 is 1.28 bits per heavy atom. The van der Waals surface area contributed by atoms with Crippen molar-refractivity contribution in [1.82, 2.24) is 9.88 Å². The molecule has 138 valence electrons. The van der Waals surface area contributed by atoms with Gasteiger partial charge in [-0.1, -0.05) is 0 Å². The lowest BCUT2D eigenvalue weighted by Crippen LogP contribution is -2.41. The van der Waals surface area contributed by atoms with Gasteiger partial charge in [-0.15, -0.1) is 11.3 Å². The number of rotatable bonds is 3. The number of nitrogens with zero attached hydrogens (tertiary/aromatic N) is 2. The van der Waals surface area contributed by atoms with Crippen molar-refractivity contribution < 1.29 is 19.1 Å². The molecule has 3 rings (SSSR count). The molecule has 1 aromatic rings. The van der Waals surface area contributed by atoms with Crippen LogP contribution in [0.1, 0.15) is 55.6 Å². The number of hydrogen-bond donors (Lipinski definition) is 0. The molecule has 0 N–H and O–H groups in total. The number of amides is 1. The summed E-state index contributed by atoms with van der Waals surface area (Å²) in [6.07, 6.45) is 2.11. The van der Waals surface area contributed by atoms with Crippen molar-refractivity contribution in [2.24, 2.45) is 5.92 Å². The van der Waals surface area contributed by atoms with Crippen LogP contribution in [0.3, 0.4) is 0 Å². The average Bonchev–Trinajstić information content (AvgIpc) is 3.16. The Labute approximate surface area is 152 Å². The van der Waals surface area contributed by atoms with Crippen LogP contribution >= 0.6 is 11.3 Å². The molecule has 0 spiro atoms. The number of carbonyl (C=O) groups excluding carboxylic acids is 2. The van der Waals surface area contributed by atoms with Gasteiger partial charge in [0.15, 0.2) is 0 Å². The van der Waals surface area contributed by atoms with Crippen LogP contribution in [0.2, 0.25) is 0 Å². The number of fused-ring (bicyclic) bond motifs is 2. The molecule has 1 amide bonds. The summed E-state index contributed by atoms with van der Waals surface area (Å²) in [7, 11) is 0. The van der Waals surface area contributed by atoms with Gasteiger partial charge in [-0.05, 0) is 53.9 Å². The molecule has 0 aliphatic carbocycles. The first-order chi connectivity index (χ1) is 11.7. The van der Waals surface area contributed by atoms with Crippen LogP contribution in [-0.4, -0.2) is 39.6 Å². The maximum absolute atomic E-state index is 12.5. The third kappa shape index (κ3) is 3.81. The van der Waals surface area contributed by atoms with Crippen LogP contribution in [0.5, 0.6) is 0 Å². The van der Waals surface area contributed by atoms with Gasteiger partial charge in [-0.2, -0.15) is 0 Å². The molecular formula is C18H26N2O4S. The van der Waals surface area contributed by atoms with E-state index in [1.807, 2.05) is 34.6 Å². The molecule has 2 fully saturated rings. The number of aromatic nitrogens is 1. The van der Waals surface area contributed by atoms with Crippen LogP contribution in [0.25, 0.3) is 0 Å². The van der Waals surface area contributed by atoms with Crippen molar-refractivity contribution >= 4 is 23.4 Å². The summed E-state index contributed by atoms with van der Waals surface area (Å²) >= 11 is 1.55. The molecule has 7 heteroatoms. The van der Waals surface area contributed by atoms with Gasteiger partial charge < -0.3 is 14.4 Å². The third-order valence-electron chi connectivity index (χ3n) is 4.85. The summed E-state index contributed by atoms with van der Waals surface area (Å²) in [6, 6.07) is -0.0196. The van der Waals surface area contributed by atoms with Gasteiger partial charge >= 0.3 is 12.1 Å².